The van der Waals surface area contributed by atoms with Crippen molar-refractivity contribution in [2.45, 2.75) is 19.4 Å². The van der Waals surface area contributed by atoms with E-state index in [1.54, 1.807) is 14.2 Å². The van der Waals surface area contributed by atoms with Crippen LogP contribution in [0.25, 0.3) is 22.5 Å². The number of ether oxygens (including phenoxy) is 4. The molecule has 4 rings (SSSR count). The maximum Gasteiger partial charge on any atom is 0.164 e. The number of rotatable bonds is 7. The fourth-order valence-electron chi connectivity index (χ4n) is 3.56. The van der Waals surface area contributed by atoms with Crippen LogP contribution in [0.2, 0.25) is 0 Å². The van der Waals surface area contributed by atoms with Gasteiger partial charge in [0.15, 0.2) is 11.5 Å². The lowest BCUT2D eigenvalue weighted by atomic mass is 10.0. The monoisotopic (exact) mass is 394 g/mol. The summed E-state index contributed by atoms with van der Waals surface area (Å²) in [5.41, 5.74) is 3.91. The third-order valence-corrected chi connectivity index (χ3v) is 4.96. The van der Waals surface area contributed by atoms with E-state index in [4.69, 9.17) is 23.9 Å². The molecule has 152 valence electrons. The molecule has 1 aliphatic heterocycles. The van der Waals surface area contributed by atoms with Gasteiger partial charge in [0.25, 0.3) is 0 Å². The van der Waals surface area contributed by atoms with Crippen molar-refractivity contribution in [1.82, 2.24) is 9.55 Å². The third kappa shape index (κ3) is 4.07. The van der Waals surface area contributed by atoms with Gasteiger partial charge < -0.3 is 23.5 Å². The molecule has 0 radical (unpaired) electrons. The lowest BCUT2D eigenvalue weighted by Gasteiger charge is -2.17. The molecule has 0 atom stereocenters. The molecule has 29 heavy (non-hydrogen) atoms. The van der Waals surface area contributed by atoms with E-state index < -0.39 is 0 Å². The highest BCUT2D eigenvalue weighted by Gasteiger charge is 2.22. The first-order chi connectivity index (χ1) is 14.3. The maximum absolute atomic E-state index is 5.94. The van der Waals surface area contributed by atoms with Gasteiger partial charge in [0, 0.05) is 43.9 Å². The zero-order valence-electron chi connectivity index (χ0n) is 16.9. The Morgan fingerprint density at radius 2 is 1.79 bits per heavy atom. The number of fused-ring (bicyclic) bond motifs is 1. The van der Waals surface area contributed by atoms with Crippen molar-refractivity contribution in [2.24, 2.45) is 0 Å². The van der Waals surface area contributed by atoms with Crippen LogP contribution in [0.1, 0.15) is 12.8 Å². The second-order valence-corrected chi connectivity index (χ2v) is 6.90. The van der Waals surface area contributed by atoms with Gasteiger partial charge in [0.05, 0.1) is 38.0 Å². The first-order valence-corrected chi connectivity index (χ1v) is 9.89. The number of imidazole rings is 1. The first kappa shape index (κ1) is 19.3. The van der Waals surface area contributed by atoms with Crippen LogP contribution >= 0.6 is 0 Å². The van der Waals surface area contributed by atoms with E-state index in [0.717, 1.165) is 59.1 Å². The van der Waals surface area contributed by atoms with Crippen LogP contribution in [-0.4, -0.2) is 43.6 Å². The van der Waals surface area contributed by atoms with Crippen molar-refractivity contribution in [3.63, 3.8) is 0 Å². The van der Waals surface area contributed by atoms with Crippen LogP contribution in [0.4, 0.5) is 0 Å². The molecular weight excluding hydrogens is 368 g/mol. The molecule has 2 aromatic carbocycles. The summed E-state index contributed by atoms with van der Waals surface area (Å²) >= 11 is 0. The topological polar surface area (TPSA) is 54.7 Å². The Hall–Kier alpha value is -2.99. The van der Waals surface area contributed by atoms with Crippen LogP contribution in [0, 0.1) is 0 Å². The van der Waals surface area contributed by atoms with Crippen LogP contribution in [-0.2, 0) is 11.3 Å². The molecule has 0 aliphatic carbocycles. The summed E-state index contributed by atoms with van der Waals surface area (Å²) in [4.78, 5) is 4.74. The van der Waals surface area contributed by atoms with Crippen molar-refractivity contribution in [1.29, 1.82) is 0 Å². The van der Waals surface area contributed by atoms with Gasteiger partial charge >= 0.3 is 0 Å². The Morgan fingerprint density at radius 1 is 1.03 bits per heavy atom. The average molecular weight is 394 g/mol. The summed E-state index contributed by atoms with van der Waals surface area (Å²) in [5.74, 6) is 2.19. The summed E-state index contributed by atoms with van der Waals surface area (Å²) in [6.07, 6.45) is 3.63. The number of methoxy groups -OCH3 is 2. The molecule has 2 heterocycles. The quantitative estimate of drug-likeness (QED) is 0.555. The van der Waals surface area contributed by atoms with Crippen LogP contribution in [0.3, 0.4) is 0 Å². The molecule has 0 fully saturated rings. The number of hydrogen-bond donors (Lipinski definition) is 0. The van der Waals surface area contributed by atoms with Gasteiger partial charge in [-0.15, -0.1) is 0 Å². The summed E-state index contributed by atoms with van der Waals surface area (Å²) in [5, 5.41) is 0. The lowest BCUT2D eigenvalue weighted by Crippen LogP contribution is -2.04. The van der Waals surface area contributed by atoms with Crippen molar-refractivity contribution >= 4 is 0 Å². The summed E-state index contributed by atoms with van der Waals surface area (Å²) in [6, 6.07) is 14.1. The Labute approximate surface area is 171 Å². The first-order valence-electron chi connectivity index (χ1n) is 9.89. The Bertz CT molecular complexity index is 953. The minimum atomic E-state index is 0.636. The zero-order valence-corrected chi connectivity index (χ0v) is 16.9. The Balaban J connectivity index is 1.86. The van der Waals surface area contributed by atoms with Gasteiger partial charge in [-0.05, 0) is 12.5 Å². The van der Waals surface area contributed by atoms with Gasteiger partial charge in [-0.25, -0.2) is 4.98 Å². The molecule has 6 heteroatoms. The zero-order chi connectivity index (χ0) is 20.1. The highest BCUT2D eigenvalue weighted by molar-refractivity contribution is 5.83. The summed E-state index contributed by atoms with van der Waals surface area (Å²) < 4.78 is 24.9. The van der Waals surface area contributed by atoms with E-state index in [0.29, 0.717) is 19.8 Å². The van der Waals surface area contributed by atoms with Gasteiger partial charge in [0.2, 0.25) is 0 Å². The molecule has 0 unspecified atom stereocenters. The van der Waals surface area contributed by atoms with E-state index in [2.05, 4.69) is 16.7 Å². The van der Waals surface area contributed by atoms with E-state index in [1.807, 2.05) is 36.7 Å². The van der Waals surface area contributed by atoms with Crippen LogP contribution in [0.5, 0.6) is 17.2 Å². The molecule has 6 nitrogen and oxygen atoms in total. The Morgan fingerprint density at radius 3 is 2.52 bits per heavy atom. The van der Waals surface area contributed by atoms with Crippen molar-refractivity contribution in [3.8, 4) is 39.8 Å². The molecule has 0 bridgehead atoms. The molecule has 1 aliphatic rings. The molecule has 0 amide bonds. The second-order valence-electron chi connectivity index (χ2n) is 6.90. The molecule has 1 aromatic heterocycles. The Kier molecular flexibility index (Phi) is 6.00. The van der Waals surface area contributed by atoms with E-state index >= 15 is 0 Å². The second kappa shape index (κ2) is 9.01. The molecule has 0 spiro atoms. The SMILES string of the molecule is COCCCn1cnc(-c2ccccc2)c1-c1cc2c(cc1OC)OCCCO2. The van der Waals surface area contributed by atoms with Crippen molar-refractivity contribution in [3.05, 3.63) is 48.8 Å². The molecule has 0 N–H and O–H groups in total. The van der Waals surface area contributed by atoms with Gasteiger partial charge in [-0.2, -0.15) is 0 Å². The number of nitrogens with zero attached hydrogens (tertiary/aromatic N) is 2. The van der Waals surface area contributed by atoms with Gasteiger partial charge in [-0.1, -0.05) is 30.3 Å². The summed E-state index contributed by atoms with van der Waals surface area (Å²) in [7, 11) is 3.40. The minimum Gasteiger partial charge on any atom is -0.496 e. The van der Waals surface area contributed by atoms with E-state index in [9.17, 15) is 0 Å². The number of benzene rings is 2. The standard InChI is InChI=1S/C23H26N2O4/c1-26-11-6-10-25-16-24-22(17-8-4-3-5-9-17)23(25)18-14-20-21(15-19(18)27-2)29-13-7-12-28-20/h3-5,8-9,14-16H,6-7,10-13H2,1-2H3. The molecule has 0 saturated heterocycles. The fraction of sp³-hybridized carbons (Fsp3) is 0.348. The van der Waals surface area contributed by atoms with E-state index in [-0.39, 0.29) is 0 Å². The maximum atomic E-state index is 5.94. The number of aromatic nitrogens is 2. The predicted octanol–water partition coefficient (Wildman–Crippen LogP) is 4.42. The van der Waals surface area contributed by atoms with Crippen LogP contribution in [0.15, 0.2) is 48.8 Å². The minimum absolute atomic E-state index is 0.636. The third-order valence-electron chi connectivity index (χ3n) is 4.96. The summed E-state index contributed by atoms with van der Waals surface area (Å²) in [6.45, 7) is 2.76. The molecular formula is C23H26N2O4. The smallest absolute Gasteiger partial charge is 0.164 e. The van der Waals surface area contributed by atoms with Crippen molar-refractivity contribution in [2.75, 3.05) is 34.0 Å². The normalized spacial score (nSPS) is 13.2. The average Bonchev–Trinajstić information content (AvgIpc) is 3.04. The molecule has 3 aromatic rings. The predicted molar refractivity (Wildman–Crippen MR) is 112 cm³/mol. The fourth-order valence-corrected chi connectivity index (χ4v) is 3.56. The highest BCUT2D eigenvalue weighted by atomic mass is 16.5. The number of hydrogen-bond acceptors (Lipinski definition) is 5. The largest absolute Gasteiger partial charge is 0.496 e. The van der Waals surface area contributed by atoms with Crippen molar-refractivity contribution < 1.29 is 18.9 Å². The van der Waals surface area contributed by atoms with Gasteiger partial charge in [0.1, 0.15) is 5.75 Å². The molecule has 0 saturated carbocycles. The lowest BCUT2D eigenvalue weighted by molar-refractivity contribution is 0.190. The van der Waals surface area contributed by atoms with Crippen LogP contribution < -0.4 is 14.2 Å². The number of aryl methyl sites for hydroxylation is 1. The highest BCUT2D eigenvalue weighted by Crippen LogP contribution is 2.44. The van der Waals surface area contributed by atoms with Gasteiger partial charge in [-0.3, -0.25) is 0 Å². The van der Waals surface area contributed by atoms with E-state index in [1.165, 1.54) is 0 Å².